The van der Waals surface area contributed by atoms with Crippen molar-refractivity contribution < 1.29 is 19.4 Å². The first-order valence-corrected chi connectivity index (χ1v) is 4.95. The Morgan fingerprint density at radius 1 is 1.50 bits per heavy atom. The molecule has 0 aromatic carbocycles. The van der Waals surface area contributed by atoms with E-state index in [1.165, 1.54) is 0 Å². The molecule has 0 aromatic heterocycles. The normalized spacial score (nSPS) is 20.6. The highest BCUT2D eigenvalue weighted by atomic mass is 16.5. The molecule has 80 valence electrons. The maximum atomic E-state index is 11.1. The average Bonchev–Trinajstić information content (AvgIpc) is 2.11. The first-order valence-electron chi connectivity index (χ1n) is 4.95. The molecule has 1 rings (SSSR count). The topological polar surface area (TPSA) is 63.6 Å². The molecule has 0 aliphatic heterocycles. The maximum absolute atomic E-state index is 11.1. The predicted molar refractivity (Wildman–Crippen MR) is 49.7 cm³/mol. The Balaban J connectivity index is 2.42. The van der Waals surface area contributed by atoms with Gasteiger partial charge in [0.1, 0.15) is 5.78 Å². The van der Waals surface area contributed by atoms with E-state index in [2.05, 4.69) is 0 Å². The van der Waals surface area contributed by atoms with Gasteiger partial charge in [0.2, 0.25) is 0 Å². The number of carbonyl (C=O) groups is 2. The summed E-state index contributed by atoms with van der Waals surface area (Å²) >= 11 is 0. The van der Waals surface area contributed by atoms with Gasteiger partial charge in [-0.3, -0.25) is 9.59 Å². The summed E-state index contributed by atoms with van der Waals surface area (Å²) < 4.78 is 4.75. The van der Waals surface area contributed by atoms with Crippen LogP contribution in [-0.4, -0.2) is 29.1 Å². The largest absolute Gasteiger partial charge is 0.466 e. The molecule has 0 radical (unpaired) electrons. The SMILES string of the molecule is CCOC(=O)CC1(O)CCC(=O)CC1. The second kappa shape index (κ2) is 4.55. The van der Waals surface area contributed by atoms with Crippen molar-refractivity contribution in [2.45, 2.75) is 44.6 Å². The molecule has 0 heterocycles. The van der Waals surface area contributed by atoms with Crippen LogP contribution in [0, 0.1) is 0 Å². The van der Waals surface area contributed by atoms with Crippen LogP contribution in [0.25, 0.3) is 0 Å². The summed E-state index contributed by atoms with van der Waals surface area (Å²) in [6.45, 7) is 2.06. The molecule has 0 saturated heterocycles. The molecule has 1 N–H and O–H groups in total. The molecule has 0 spiro atoms. The summed E-state index contributed by atoms with van der Waals surface area (Å²) in [6, 6.07) is 0. The molecule has 0 unspecified atom stereocenters. The smallest absolute Gasteiger partial charge is 0.308 e. The van der Waals surface area contributed by atoms with Crippen molar-refractivity contribution in [2.24, 2.45) is 0 Å². The molecule has 0 atom stereocenters. The fraction of sp³-hybridized carbons (Fsp3) is 0.800. The van der Waals surface area contributed by atoms with Crippen molar-refractivity contribution in [2.75, 3.05) is 6.61 Å². The van der Waals surface area contributed by atoms with Gasteiger partial charge in [0.05, 0.1) is 18.6 Å². The van der Waals surface area contributed by atoms with Crippen molar-refractivity contribution in [3.63, 3.8) is 0 Å². The molecule has 4 nitrogen and oxygen atoms in total. The van der Waals surface area contributed by atoms with Crippen molar-refractivity contribution in [1.82, 2.24) is 0 Å². The van der Waals surface area contributed by atoms with E-state index in [4.69, 9.17) is 4.74 Å². The van der Waals surface area contributed by atoms with Crippen molar-refractivity contribution >= 4 is 11.8 Å². The number of ether oxygens (including phenoxy) is 1. The van der Waals surface area contributed by atoms with Crippen LogP contribution in [0.3, 0.4) is 0 Å². The monoisotopic (exact) mass is 200 g/mol. The lowest BCUT2D eigenvalue weighted by Crippen LogP contribution is -2.36. The van der Waals surface area contributed by atoms with Gasteiger partial charge in [-0.1, -0.05) is 0 Å². The number of ketones is 1. The van der Waals surface area contributed by atoms with Crippen LogP contribution in [0.4, 0.5) is 0 Å². The molecular formula is C10H16O4. The summed E-state index contributed by atoms with van der Waals surface area (Å²) in [4.78, 5) is 22.1. The molecule has 1 fully saturated rings. The van der Waals surface area contributed by atoms with Crippen LogP contribution in [0.15, 0.2) is 0 Å². The second-order valence-electron chi connectivity index (χ2n) is 3.74. The first-order chi connectivity index (χ1) is 6.56. The molecule has 1 saturated carbocycles. The number of hydrogen-bond acceptors (Lipinski definition) is 4. The van der Waals surface area contributed by atoms with Crippen molar-refractivity contribution in [3.8, 4) is 0 Å². The van der Waals surface area contributed by atoms with E-state index in [1.54, 1.807) is 6.92 Å². The lowest BCUT2D eigenvalue weighted by atomic mass is 9.82. The van der Waals surface area contributed by atoms with Gasteiger partial charge in [0, 0.05) is 12.8 Å². The molecular weight excluding hydrogens is 184 g/mol. The third kappa shape index (κ3) is 3.10. The third-order valence-corrected chi connectivity index (χ3v) is 2.52. The van der Waals surface area contributed by atoms with Crippen LogP contribution >= 0.6 is 0 Å². The van der Waals surface area contributed by atoms with E-state index < -0.39 is 5.60 Å². The van der Waals surface area contributed by atoms with Crippen LogP contribution in [0.2, 0.25) is 0 Å². The van der Waals surface area contributed by atoms with Gasteiger partial charge in [-0.15, -0.1) is 0 Å². The number of hydrogen-bond donors (Lipinski definition) is 1. The highest BCUT2D eigenvalue weighted by Gasteiger charge is 2.34. The Morgan fingerprint density at radius 3 is 2.57 bits per heavy atom. The summed E-state index contributed by atoms with van der Waals surface area (Å²) in [5, 5.41) is 9.93. The van der Waals surface area contributed by atoms with E-state index in [1.807, 2.05) is 0 Å². The van der Waals surface area contributed by atoms with Crippen molar-refractivity contribution in [3.05, 3.63) is 0 Å². The van der Waals surface area contributed by atoms with Gasteiger partial charge in [-0.25, -0.2) is 0 Å². The van der Waals surface area contributed by atoms with Crippen LogP contribution in [-0.2, 0) is 14.3 Å². The zero-order valence-electron chi connectivity index (χ0n) is 8.41. The van der Waals surface area contributed by atoms with Gasteiger partial charge in [-0.05, 0) is 19.8 Å². The number of carbonyl (C=O) groups excluding carboxylic acids is 2. The average molecular weight is 200 g/mol. The number of rotatable bonds is 3. The fourth-order valence-corrected chi connectivity index (χ4v) is 1.65. The Hall–Kier alpha value is -0.900. The van der Waals surface area contributed by atoms with E-state index >= 15 is 0 Å². The molecule has 14 heavy (non-hydrogen) atoms. The highest BCUT2D eigenvalue weighted by Crippen LogP contribution is 2.29. The lowest BCUT2D eigenvalue weighted by Gasteiger charge is -2.30. The summed E-state index contributed by atoms with van der Waals surface area (Å²) in [7, 11) is 0. The standard InChI is InChI=1S/C10H16O4/c1-2-14-9(12)7-10(13)5-3-8(11)4-6-10/h13H,2-7H2,1H3. The minimum Gasteiger partial charge on any atom is -0.466 e. The van der Waals surface area contributed by atoms with Crippen molar-refractivity contribution in [1.29, 1.82) is 0 Å². The quantitative estimate of drug-likeness (QED) is 0.685. The Kier molecular flexibility index (Phi) is 3.63. The van der Waals surface area contributed by atoms with E-state index in [9.17, 15) is 14.7 Å². The van der Waals surface area contributed by atoms with Crippen LogP contribution < -0.4 is 0 Å². The molecule has 4 heteroatoms. The number of esters is 1. The van der Waals surface area contributed by atoms with Crippen LogP contribution in [0.5, 0.6) is 0 Å². The Bertz CT molecular complexity index is 224. The summed E-state index contributed by atoms with van der Waals surface area (Å²) in [6.07, 6.45) is 1.51. The number of Topliss-reactive ketones (excluding diaryl/α,β-unsaturated/α-hetero) is 1. The molecule has 0 aromatic rings. The minimum absolute atomic E-state index is 0.00806. The van der Waals surface area contributed by atoms with E-state index in [0.29, 0.717) is 32.3 Å². The van der Waals surface area contributed by atoms with Gasteiger partial charge < -0.3 is 9.84 Å². The zero-order chi connectivity index (χ0) is 10.6. The lowest BCUT2D eigenvalue weighted by molar-refractivity contribution is -0.151. The molecule has 0 amide bonds. The predicted octanol–water partition coefficient (Wildman–Crippen LogP) is 0.814. The van der Waals surface area contributed by atoms with Gasteiger partial charge in [0.25, 0.3) is 0 Å². The Labute approximate surface area is 83.2 Å². The fourth-order valence-electron chi connectivity index (χ4n) is 1.65. The molecule has 0 bridgehead atoms. The summed E-state index contributed by atoms with van der Waals surface area (Å²) in [5.74, 6) is -0.220. The number of aliphatic hydroxyl groups is 1. The third-order valence-electron chi connectivity index (χ3n) is 2.52. The van der Waals surface area contributed by atoms with E-state index in [-0.39, 0.29) is 18.2 Å². The molecule has 1 aliphatic carbocycles. The highest BCUT2D eigenvalue weighted by molar-refractivity contribution is 5.80. The van der Waals surface area contributed by atoms with Gasteiger partial charge >= 0.3 is 5.97 Å². The second-order valence-corrected chi connectivity index (χ2v) is 3.74. The maximum Gasteiger partial charge on any atom is 0.308 e. The minimum atomic E-state index is -1.01. The van der Waals surface area contributed by atoms with Gasteiger partial charge in [0.15, 0.2) is 0 Å². The van der Waals surface area contributed by atoms with E-state index in [0.717, 1.165) is 0 Å². The van der Waals surface area contributed by atoms with Gasteiger partial charge in [-0.2, -0.15) is 0 Å². The zero-order valence-corrected chi connectivity index (χ0v) is 8.41. The van der Waals surface area contributed by atoms with Crippen LogP contribution in [0.1, 0.15) is 39.0 Å². The summed E-state index contributed by atoms with van der Waals surface area (Å²) in [5.41, 5.74) is -1.01. The first kappa shape index (κ1) is 11.2. The molecule has 1 aliphatic rings. The Morgan fingerprint density at radius 2 is 2.07 bits per heavy atom.